The normalized spacial score (nSPS) is 16.8. The molecular weight excluding hydrogens is 263 g/mol. The maximum atomic E-state index is 13.6. The van der Waals surface area contributed by atoms with Gasteiger partial charge in [-0.15, -0.1) is 0 Å². The zero-order chi connectivity index (χ0) is 13.9. The molecule has 1 aromatic rings. The summed E-state index contributed by atoms with van der Waals surface area (Å²) in [5.41, 5.74) is 7.03. The van der Waals surface area contributed by atoms with Crippen LogP contribution < -0.4 is 15.8 Å². The zero-order valence-corrected chi connectivity index (χ0v) is 12.3. The van der Waals surface area contributed by atoms with E-state index in [1.54, 1.807) is 6.07 Å². The smallest absolute Gasteiger partial charge is 0.167 e. The summed E-state index contributed by atoms with van der Waals surface area (Å²) in [5.74, 6) is -0.154. The summed E-state index contributed by atoms with van der Waals surface area (Å²) in [4.78, 5) is 0. The van der Waals surface area contributed by atoms with E-state index in [0.717, 1.165) is 12.2 Å². The lowest BCUT2D eigenvalue weighted by Crippen LogP contribution is -2.40. The van der Waals surface area contributed by atoms with E-state index in [9.17, 15) is 4.39 Å². The van der Waals surface area contributed by atoms with Crippen molar-refractivity contribution in [1.29, 1.82) is 0 Å². The second kappa shape index (κ2) is 5.90. The van der Waals surface area contributed by atoms with E-state index < -0.39 is 5.82 Å². The van der Waals surface area contributed by atoms with Crippen molar-refractivity contribution in [2.45, 2.75) is 30.9 Å². The second-order valence-electron chi connectivity index (χ2n) is 4.90. The predicted molar refractivity (Wildman–Crippen MR) is 80.6 cm³/mol. The number of thioether (sulfide) groups is 1. The van der Waals surface area contributed by atoms with Gasteiger partial charge in [-0.05, 0) is 26.0 Å². The molecule has 3 nitrogen and oxygen atoms in total. The lowest BCUT2D eigenvalue weighted by molar-refractivity contribution is 0.322. The van der Waals surface area contributed by atoms with Gasteiger partial charge in [0, 0.05) is 23.4 Å². The van der Waals surface area contributed by atoms with E-state index in [0.29, 0.717) is 17.0 Å². The van der Waals surface area contributed by atoms with E-state index in [4.69, 9.17) is 10.5 Å². The van der Waals surface area contributed by atoms with Crippen molar-refractivity contribution in [3.8, 4) is 5.75 Å². The first-order chi connectivity index (χ1) is 9.10. The van der Waals surface area contributed by atoms with Gasteiger partial charge >= 0.3 is 0 Å². The lowest BCUT2D eigenvalue weighted by atomic mass is 9.84. The van der Waals surface area contributed by atoms with Crippen LogP contribution in [0.2, 0.25) is 0 Å². The number of benzene rings is 1. The van der Waals surface area contributed by atoms with Gasteiger partial charge in [0.1, 0.15) is 0 Å². The van der Waals surface area contributed by atoms with E-state index >= 15 is 0 Å². The minimum atomic E-state index is -0.409. The molecule has 1 saturated carbocycles. The third kappa shape index (κ3) is 3.08. The molecule has 5 heteroatoms. The molecule has 0 unspecified atom stereocenters. The number of nitrogens with two attached hydrogens (primary N) is 1. The van der Waals surface area contributed by atoms with Crippen LogP contribution in [0.3, 0.4) is 0 Å². The van der Waals surface area contributed by atoms with E-state index in [2.05, 4.69) is 11.6 Å². The molecule has 0 bridgehead atoms. The van der Waals surface area contributed by atoms with Crippen LogP contribution in [0, 0.1) is 5.82 Å². The molecule has 1 aromatic carbocycles. The van der Waals surface area contributed by atoms with Gasteiger partial charge in [0.15, 0.2) is 11.6 Å². The maximum Gasteiger partial charge on any atom is 0.167 e. The number of anilines is 2. The maximum absolute atomic E-state index is 13.6. The number of nitrogen functional groups attached to an aromatic ring is 1. The minimum absolute atomic E-state index is 0.256. The number of hydrogen-bond donors (Lipinski definition) is 2. The molecule has 0 heterocycles. The van der Waals surface area contributed by atoms with Crippen LogP contribution in [0.1, 0.15) is 26.2 Å². The van der Waals surface area contributed by atoms with Crippen LogP contribution in [0.5, 0.6) is 5.75 Å². The Morgan fingerprint density at radius 3 is 2.74 bits per heavy atom. The molecule has 1 fully saturated rings. The van der Waals surface area contributed by atoms with Gasteiger partial charge in [0.2, 0.25) is 0 Å². The Kier molecular flexibility index (Phi) is 4.45. The van der Waals surface area contributed by atoms with Crippen LogP contribution in [0.4, 0.5) is 15.8 Å². The van der Waals surface area contributed by atoms with E-state index in [1.165, 1.54) is 25.3 Å². The molecule has 106 valence electrons. The Hall–Kier alpha value is -1.10. The highest BCUT2D eigenvalue weighted by Crippen LogP contribution is 2.43. The van der Waals surface area contributed by atoms with E-state index in [1.807, 2.05) is 18.7 Å². The van der Waals surface area contributed by atoms with E-state index in [-0.39, 0.29) is 5.75 Å². The van der Waals surface area contributed by atoms with Crippen molar-refractivity contribution < 1.29 is 9.13 Å². The van der Waals surface area contributed by atoms with Gasteiger partial charge in [-0.25, -0.2) is 4.39 Å². The van der Waals surface area contributed by atoms with Crippen LogP contribution in [-0.2, 0) is 0 Å². The third-order valence-electron chi connectivity index (χ3n) is 3.70. The third-order valence-corrected chi connectivity index (χ3v) is 5.12. The quantitative estimate of drug-likeness (QED) is 0.785. The Morgan fingerprint density at radius 2 is 2.21 bits per heavy atom. The zero-order valence-electron chi connectivity index (χ0n) is 11.5. The molecule has 0 aliphatic heterocycles. The number of halogens is 1. The summed E-state index contributed by atoms with van der Waals surface area (Å²) in [6, 6.07) is 2.97. The highest BCUT2D eigenvalue weighted by Gasteiger charge is 2.35. The summed E-state index contributed by atoms with van der Waals surface area (Å²) in [6.07, 6.45) is 5.87. The fraction of sp³-hybridized carbons (Fsp3) is 0.571. The SMILES string of the molecule is CCOc1cc(NCC2(SC)CCC2)c(N)cc1F. The fourth-order valence-corrected chi connectivity index (χ4v) is 3.18. The Morgan fingerprint density at radius 1 is 1.47 bits per heavy atom. The summed E-state index contributed by atoms with van der Waals surface area (Å²) in [5, 5.41) is 3.34. The average molecular weight is 284 g/mol. The van der Waals surface area contributed by atoms with Crippen molar-refractivity contribution in [2.75, 3.05) is 30.5 Å². The van der Waals surface area contributed by atoms with Crippen LogP contribution in [0.25, 0.3) is 0 Å². The molecule has 0 radical (unpaired) electrons. The molecule has 0 spiro atoms. The van der Waals surface area contributed by atoms with Gasteiger partial charge in [-0.1, -0.05) is 6.42 Å². The predicted octanol–water partition coefficient (Wildman–Crippen LogP) is 3.50. The molecule has 0 saturated heterocycles. The standard InChI is InChI=1S/C14H21FN2OS/c1-3-18-13-8-12(11(16)7-10(13)15)17-9-14(19-2)5-4-6-14/h7-8,17H,3-6,9,16H2,1-2H3. The lowest BCUT2D eigenvalue weighted by Gasteiger charge is -2.40. The Balaban J connectivity index is 2.08. The molecule has 1 aliphatic carbocycles. The number of nitrogens with one attached hydrogen (secondary N) is 1. The van der Waals surface area contributed by atoms with Gasteiger partial charge in [0.25, 0.3) is 0 Å². The average Bonchev–Trinajstić information content (AvgIpc) is 2.33. The molecule has 0 aromatic heterocycles. The number of ether oxygens (including phenoxy) is 1. The molecule has 0 amide bonds. The molecule has 0 atom stereocenters. The van der Waals surface area contributed by atoms with Crippen molar-refractivity contribution in [3.63, 3.8) is 0 Å². The molecule has 19 heavy (non-hydrogen) atoms. The number of rotatable bonds is 6. The molecule has 3 N–H and O–H groups in total. The first-order valence-corrected chi connectivity index (χ1v) is 7.83. The first kappa shape index (κ1) is 14.3. The van der Waals surface area contributed by atoms with Gasteiger partial charge in [-0.2, -0.15) is 11.8 Å². The van der Waals surface area contributed by atoms with Gasteiger partial charge < -0.3 is 15.8 Å². The summed E-state index contributed by atoms with van der Waals surface area (Å²) >= 11 is 1.89. The molecule has 2 rings (SSSR count). The topological polar surface area (TPSA) is 47.3 Å². The van der Waals surface area contributed by atoms with Crippen LogP contribution >= 0.6 is 11.8 Å². The van der Waals surface area contributed by atoms with Crippen molar-refractivity contribution in [1.82, 2.24) is 0 Å². The monoisotopic (exact) mass is 284 g/mol. The van der Waals surface area contributed by atoms with Gasteiger partial charge in [-0.3, -0.25) is 0 Å². The largest absolute Gasteiger partial charge is 0.491 e. The van der Waals surface area contributed by atoms with Crippen molar-refractivity contribution in [3.05, 3.63) is 17.9 Å². The number of hydrogen-bond acceptors (Lipinski definition) is 4. The first-order valence-electron chi connectivity index (χ1n) is 6.61. The highest BCUT2D eigenvalue weighted by molar-refractivity contribution is 8.00. The molecule has 1 aliphatic rings. The van der Waals surface area contributed by atoms with Crippen LogP contribution in [0.15, 0.2) is 12.1 Å². The summed E-state index contributed by atoms with van der Waals surface area (Å²) in [7, 11) is 0. The van der Waals surface area contributed by atoms with Crippen molar-refractivity contribution >= 4 is 23.1 Å². The molecular formula is C14H21FN2OS. The van der Waals surface area contributed by atoms with Crippen molar-refractivity contribution in [2.24, 2.45) is 0 Å². The fourth-order valence-electron chi connectivity index (χ4n) is 2.27. The second-order valence-corrected chi connectivity index (χ2v) is 6.17. The Bertz CT molecular complexity index is 444. The van der Waals surface area contributed by atoms with Gasteiger partial charge in [0.05, 0.1) is 18.0 Å². The Labute approximate surface area is 118 Å². The minimum Gasteiger partial charge on any atom is -0.491 e. The summed E-state index contributed by atoms with van der Waals surface area (Å²) < 4.78 is 19.2. The van der Waals surface area contributed by atoms with Crippen LogP contribution in [-0.4, -0.2) is 24.2 Å². The highest BCUT2D eigenvalue weighted by atomic mass is 32.2. The summed E-state index contributed by atoms with van der Waals surface area (Å²) in [6.45, 7) is 3.13.